The Bertz CT molecular complexity index is 684. The van der Waals surface area contributed by atoms with Gasteiger partial charge in [0.1, 0.15) is 5.82 Å². The fraction of sp³-hybridized carbons (Fsp3) is 0.368. The van der Waals surface area contributed by atoms with Crippen LogP contribution in [0.25, 0.3) is 0 Å². The van der Waals surface area contributed by atoms with Crippen LogP contribution in [0.2, 0.25) is 5.02 Å². The monoisotopic (exact) mass is 358 g/mol. The highest BCUT2D eigenvalue weighted by molar-refractivity contribution is 6.30. The highest BCUT2D eigenvalue weighted by Gasteiger charge is 2.25. The Kier molecular flexibility index (Phi) is 5.89. The number of amides is 1. The maximum Gasteiger partial charge on any atom is 0.237 e. The van der Waals surface area contributed by atoms with E-state index in [4.69, 9.17) is 11.6 Å². The summed E-state index contributed by atoms with van der Waals surface area (Å²) in [5, 5.41) is 3.71. The molecule has 0 aliphatic carbocycles. The summed E-state index contributed by atoms with van der Waals surface area (Å²) < 4.78 is 0. The Morgan fingerprint density at radius 2 is 1.88 bits per heavy atom. The maximum absolute atomic E-state index is 12.4. The number of halogens is 1. The summed E-state index contributed by atoms with van der Waals surface area (Å²) in [6, 6.07) is 13.3. The van der Waals surface area contributed by atoms with E-state index in [1.54, 1.807) is 0 Å². The number of pyridine rings is 1. The third-order valence-corrected chi connectivity index (χ3v) is 4.85. The van der Waals surface area contributed by atoms with Gasteiger partial charge in [-0.2, -0.15) is 0 Å². The van der Waals surface area contributed by atoms with Gasteiger partial charge in [-0.05, 0) is 36.8 Å². The van der Waals surface area contributed by atoms with Gasteiger partial charge in [-0.1, -0.05) is 29.8 Å². The van der Waals surface area contributed by atoms with Crippen molar-refractivity contribution in [2.24, 2.45) is 0 Å². The molecular formula is C19H23ClN4O. The minimum absolute atomic E-state index is 0.0567. The van der Waals surface area contributed by atoms with Gasteiger partial charge in [-0.15, -0.1) is 0 Å². The Morgan fingerprint density at radius 3 is 2.52 bits per heavy atom. The summed E-state index contributed by atoms with van der Waals surface area (Å²) in [7, 11) is 0. The van der Waals surface area contributed by atoms with E-state index in [-0.39, 0.29) is 11.9 Å². The number of carbonyl (C=O) groups excluding carboxylic acids is 1. The molecule has 0 spiro atoms. The third-order valence-electron chi connectivity index (χ3n) is 4.59. The second-order valence-corrected chi connectivity index (χ2v) is 6.67. The van der Waals surface area contributed by atoms with Crippen LogP contribution in [0.5, 0.6) is 0 Å². The Morgan fingerprint density at radius 1 is 1.16 bits per heavy atom. The van der Waals surface area contributed by atoms with Crippen LogP contribution in [0.4, 0.5) is 5.82 Å². The number of nitrogens with one attached hydrogen (secondary N) is 1. The number of aromatic nitrogens is 1. The summed E-state index contributed by atoms with van der Waals surface area (Å²) in [6.07, 6.45) is 1.81. The zero-order valence-electron chi connectivity index (χ0n) is 14.4. The van der Waals surface area contributed by atoms with Crippen molar-refractivity contribution in [3.05, 3.63) is 59.2 Å². The van der Waals surface area contributed by atoms with Crippen molar-refractivity contribution < 1.29 is 4.79 Å². The molecule has 3 rings (SSSR count). The first-order chi connectivity index (χ1) is 12.1. The van der Waals surface area contributed by atoms with Crippen molar-refractivity contribution in [2.75, 3.05) is 31.1 Å². The molecule has 1 aliphatic rings. The molecule has 2 heterocycles. The molecule has 1 atom stereocenters. The molecule has 1 aromatic carbocycles. The molecule has 1 aliphatic heterocycles. The minimum Gasteiger partial charge on any atom is -0.354 e. The van der Waals surface area contributed by atoms with Gasteiger partial charge in [0.25, 0.3) is 0 Å². The van der Waals surface area contributed by atoms with Crippen molar-refractivity contribution in [3.8, 4) is 0 Å². The van der Waals surface area contributed by atoms with Crippen molar-refractivity contribution >= 4 is 23.3 Å². The lowest BCUT2D eigenvalue weighted by molar-refractivity contribution is -0.126. The summed E-state index contributed by atoms with van der Waals surface area (Å²) in [4.78, 5) is 21.3. The van der Waals surface area contributed by atoms with Gasteiger partial charge in [0.05, 0.1) is 6.04 Å². The third kappa shape index (κ3) is 4.71. The quantitative estimate of drug-likeness (QED) is 0.892. The maximum atomic E-state index is 12.4. The molecule has 1 aromatic heterocycles. The number of nitrogens with zero attached hydrogens (tertiary/aromatic N) is 3. The average molecular weight is 359 g/mol. The summed E-state index contributed by atoms with van der Waals surface area (Å²) in [5.74, 6) is 1.06. The Balaban J connectivity index is 1.47. The molecule has 25 heavy (non-hydrogen) atoms. The Hall–Kier alpha value is -2.11. The molecule has 132 valence electrons. The average Bonchev–Trinajstić information content (AvgIpc) is 2.67. The van der Waals surface area contributed by atoms with E-state index in [0.717, 1.165) is 37.6 Å². The fourth-order valence-corrected chi connectivity index (χ4v) is 3.11. The first-order valence-electron chi connectivity index (χ1n) is 8.55. The smallest absolute Gasteiger partial charge is 0.237 e. The zero-order valence-corrected chi connectivity index (χ0v) is 15.1. The SMILES string of the molecule is C[C@@H](C(=O)NCc1ccc(Cl)cc1)N1CCN(c2ccccn2)CC1. The van der Waals surface area contributed by atoms with Crippen molar-refractivity contribution in [1.82, 2.24) is 15.2 Å². The summed E-state index contributed by atoms with van der Waals surface area (Å²) >= 11 is 5.88. The van der Waals surface area contributed by atoms with E-state index >= 15 is 0 Å². The number of anilines is 1. The largest absolute Gasteiger partial charge is 0.354 e. The zero-order chi connectivity index (χ0) is 17.6. The predicted octanol–water partition coefficient (Wildman–Crippen LogP) is 2.56. The normalized spacial score (nSPS) is 16.5. The number of hydrogen-bond donors (Lipinski definition) is 1. The second-order valence-electron chi connectivity index (χ2n) is 6.23. The lowest BCUT2D eigenvalue weighted by atomic mass is 10.2. The second kappa shape index (κ2) is 8.32. The van der Waals surface area contributed by atoms with Crippen LogP contribution >= 0.6 is 11.6 Å². The molecule has 1 saturated heterocycles. The molecule has 0 unspecified atom stereocenters. The van der Waals surface area contributed by atoms with Crippen LogP contribution in [-0.2, 0) is 11.3 Å². The van der Waals surface area contributed by atoms with Crippen LogP contribution in [0.3, 0.4) is 0 Å². The molecule has 1 fully saturated rings. The van der Waals surface area contributed by atoms with Crippen molar-refractivity contribution in [3.63, 3.8) is 0 Å². The molecule has 6 heteroatoms. The molecule has 0 saturated carbocycles. The fourth-order valence-electron chi connectivity index (χ4n) is 2.98. The van der Waals surface area contributed by atoms with Gasteiger partial charge in [0.2, 0.25) is 5.91 Å². The topological polar surface area (TPSA) is 48.5 Å². The number of piperazine rings is 1. The first-order valence-corrected chi connectivity index (χ1v) is 8.93. The van der Waals surface area contributed by atoms with Gasteiger partial charge in [-0.25, -0.2) is 4.98 Å². The van der Waals surface area contributed by atoms with Crippen molar-refractivity contribution in [2.45, 2.75) is 19.5 Å². The number of carbonyl (C=O) groups is 1. The van der Waals surface area contributed by atoms with Crippen LogP contribution in [0.15, 0.2) is 48.7 Å². The van der Waals surface area contributed by atoms with Gasteiger partial charge >= 0.3 is 0 Å². The van der Waals surface area contributed by atoms with E-state index in [9.17, 15) is 4.79 Å². The molecule has 1 N–H and O–H groups in total. The van der Waals surface area contributed by atoms with E-state index in [2.05, 4.69) is 20.1 Å². The highest BCUT2D eigenvalue weighted by atomic mass is 35.5. The number of rotatable bonds is 5. The van der Waals surface area contributed by atoms with E-state index in [1.807, 2.05) is 55.6 Å². The van der Waals surface area contributed by atoms with Crippen molar-refractivity contribution in [1.29, 1.82) is 0 Å². The molecule has 0 bridgehead atoms. The predicted molar refractivity (Wildman–Crippen MR) is 101 cm³/mol. The first kappa shape index (κ1) is 17.7. The van der Waals surface area contributed by atoms with Gasteiger partial charge < -0.3 is 10.2 Å². The minimum atomic E-state index is -0.141. The molecule has 0 radical (unpaired) electrons. The van der Waals surface area contributed by atoms with Gasteiger partial charge in [-0.3, -0.25) is 9.69 Å². The molecular weight excluding hydrogens is 336 g/mol. The van der Waals surface area contributed by atoms with E-state index < -0.39 is 0 Å². The molecule has 5 nitrogen and oxygen atoms in total. The summed E-state index contributed by atoms with van der Waals surface area (Å²) in [6.45, 7) is 5.96. The molecule has 2 aromatic rings. The van der Waals surface area contributed by atoms with Gasteiger partial charge in [0.15, 0.2) is 0 Å². The Labute approximate surface area is 153 Å². The highest BCUT2D eigenvalue weighted by Crippen LogP contribution is 2.14. The number of benzene rings is 1. The summed E-state index contributed by atoms with van der Waals surface area (Å²) in [5.41, 5.74) is 1.05. The van der Waals surface area contributed by atoms with Crippen LogP contribution in [-0.4, -0.2) is 48.0 Å². The molecule has 1 amide bonds. The van der Waals surface area contributed by atoms with Gasteiger partial charge in [0, 0.05) is 43.9 Å². The number of hydrogen-bond acceptors (Lipinski definition) is 4. The van der Waals surface area contributed by atoms with E-state index in [1.165, 1.54) is 0 Å². The lowest BCUT2D eigenvalue weighted by Crippen LogP contribution is -2.54. The van der Waals surface area contributed by atoms with E-state index in [0.29, 0.717) is 11.6 Å². The van der Waals surface area contributed by atoms with Crippen LogP contribution < -0.4 is 10.2 Å². The van der Waals surface area contributed by atoms with Crippen LogP contribution in [0.1, 0.15) is 12.5 Å². The lowest BCUT2D eigenvalue weighted by Gasteiger charge is -2.37. The van der Waals surface area contributed by atoms with Crippen LogP contribution in [0, 0.1) is 0 Å². The standard InChI is InChI=1S/C19H23ClN4O/c1-15(19(25)22-14-16-5-7-17(20)8-6-16)23-10-12-24(13-11-23)18-4-2-3-9-21-18/h2-9,15H,10-14H2,1H3,(H,22,25)/t15-/m0/s1.